The van der Waals surface area contributed by atoms with Crippen LogP contribution in [-0.4, -0.2) is 15.8 Å². The van der Waals surface area contributed by atoms with Crippen LogP contribution in [-0.2, 0) is 4.57 Å². The number of rotatable bonds is 0. The molecule has 0 radical (unpaired) electrons. The highest BCUT2D eigenvalue weighted by Crippen LogP contribution is 1.66. The van der Waals surface area contributed by atoms with Gasteiger partial charge in [0.1, 0.15) is 0 Å². The molecule has 0 fully saturated rings. The molecule has 5 heteroatoms. The van der Waals surface area contributed by atoms with Crippen molar-refractivity contribution in [2.45, 2.75) is 0 Å². The second-order valence-corrected chi connectivity index (χ2v) is 0.245. The van der Waals surface area contributed by atoms with E-state index < -0.39 is 8.69 Å². The standard InChI is InChI=1S/HO2P.2H2O/c1-3-2;;/h(H,1,2);2*1H2. The Labute approximate surface area is 30.3 Å². The van der Waals surface area contributed by atoms with Crippen LogP contribution in [0.4, 0.5) is 0 Å². The minimum Gasteiger partial charge on any atom is -0.412 e. The summed E-state index contributed by atoms with van der Waals surface area (Å²) in [5.41, 5.74) is 0. The van der Waals surface area contributed by atoms with Gasteiger partial charge < -0.3 is 15.8 Å². The maximum atomic E-state index is 8.46. The summed E-state index contributed by atoms with van der Waals surface area (Å²) in [5, 5.41) is 0. The van der Waals surface area contributed by atoms with Crippen molar-refractivity contribution in [3.63, 3.8) is 0 Å². The third kappa shape index (κ3) is 39000. The summed E-state index contributed by atoms with van der Waals surface area (Å²) >= 11 is 0. The van der Waals surface area contributed by atoms with Gasteiger partial charge in [-0.15, -0.1) is 0 Å². The summed E-state index contributed by atoms with van der Waals surface area (Å²) in [4.78, 5) is 6.99. The average molecular weight is 100 g/mol. The Balaban J connectivity index is -0.0000000200. The third-order valence-corrected chi connectivity index (χ3v) is 0. The van der Waals surface area contributed by atoms with E-state index in [-0.39, 0.29) is 11.0 Å². The summed E-state index contributed by atoms with van der Waals surface area (Å²) in [5.74, 6) is 0. The molecular formula is H5O4P. The molecule has 0 saturated heterocycles. The quantitative estimate of drug-likeness (QED) is 0.376. The lowest BCUT2D eigenvalue weighted by Gasteiger charge is -1.24. The Morgan fingerprint density at radius 3 is 1.40 bits per heavy atom. The van der Waals surface area contributed by atoms with E-state index in [9.17, 15) is 0 Å². The lowest BCUT2D eigenvalue weighted by atomic mass is 15.9. The molecule has 0 rings (SSSR count). The first-order valence-electron chi connectivity index (χ1n) is 0.383. The molecule has 0 heterocycles. The van der Waals surface area contributed by atoms with Gasteiger partial charge in [-0.3, -0.25) is 0 Å². The molecule has 0 saturated carbocycles. The van der Waals surface area contributed by atoms with Crippen molar-refractivity contribution in [2.75, 3.05) is 0 Å². The highest BCUT2D eigenvalue weighted by Gasteiger charge is 1.28. The van der Waals surface area contributed by atoms with Gasteiger partial charge >= 0.3 is 8.69 Å². The molecule has 0 aliphatic heterocycles. The van der Waals surface area contributed by atoms with Gasteiger partial charge in [0, 0.05) is 0 Å². The first-order chi connectivity index (χ1) is 1.41. The lowest BCUT2D eigenvalue weighted by Crippen LogP contribution is -1.03. The Morgan fingerprint density at radius 2 is 1.40 bits per heavy atom. The number of hydrogen-bond acceptors (Lipinski definition) is 1. The molecule has 0 aliphatic carbocycles. The van der Waals surface area contributed by atoms with Gasteiger partial charge in [0.05, 0.1) is 0 Å². The molecule has 0 atom stereocenters. The predicted octanol–water partition coefficient (Wildman–Crippen LogP) is -1.46. The van der Waals surface area contributed by atoms with Crippen molar-refractivity contribution in [3.8, 4) is 0 Å². The van der Waals surface area contributed by atoms with Crippen LogP contribution in [0.2, 0.25) is 0 Å². The molecule has 0 spiro atoms. The SMILES string of the molecule is O.O.O=PO. The minimum absolute atomic E-state index is 0. The van der Waals surface area contributed by atoms with E-state index in [1.807, 2.05) is 0 Å². The van der Waals surface area contributed by atoms with E-state index in [0.29, 0.717) is 0 Å². The molecule has 0 aliphatic rings. The molecule has 5 N–H and O–H groups in total. The second kappa shape index (κ2) is 36.8. The van der Waals surface area contributed by atoms with Crippen LogP contribution in [0.5, 0.6) is 0 Å². The van der Waals surface area contributed by atoms with Gasteiger partial charge in [-0.25, -0.2) is 4.57 Å². The Morgan fingerprint density at radius 1 is 1.40 bits per heavy atom. The van der Waals surface area contributed by atoms with Crippen LogP contribution in [0.15, 0.2) is 0 Å². The van der Waals surface area contributed by atoms with Crippen LogP contribution in [0.1, 0.15) is 0 Å². The maximum absolute atomic E-state index is 8.46. The fraction of sp³-hybridized carbons (Fsp3) is 0. The maximum Gasteiger partial charge on any atom is 0.324 e. The second-order valence-electron chi connectivity index (χ2n) is 0.0816. The lowest BCUT2D eigenvalue weighted by molar-refractivity contribution is 0.524. The van der Waals surface area contributed by atoms with Crippen LogP contribution in [0, 0.1) is 0 Å². The molecular weight excluding hydrogens is 95.0 g/mol. The fourth-order valence-corrected chi connectivity index (χ4v) is 0. The zero-order valence-electron chi connectivity index (χ0n) is 2.30. The molecule has 34 valence electrons. The first kappa shape index (κ1) is 20.1. The van der Waals surface area contributed by atoms with Gasteiger partial charge in [-0.1, -0.05) is 0 Å². The first-order valence-corrected chi connectivity index (χ1v) is 1.15. The number of hydrogen-bond donors (Lipinski definition) is 1. The Bertz CT molecular complexity index is 11.1. The predicted molar refractivity (Wildman–Crippen MR) is 17.1 cm³/mol. The van der Waals surface area contributed by atoms with Gasteiger partial charge in [0.2, 0.25) is 0 Å². The van der Waals surface area contributed by atoms with Gasteiger partial charge in [-0.05, 0) is 0 Å². The van der Waals surface area contributed by atoms with Crippen LogP contribution < -0.4 is 0 Å². The van der Waals surface area contributed by atoms with Crippen molar-refractivity contribution in [3.05, 3.63) is 0 Å². The van der Waals surface area contributed by atoms with E-state index in [0.717, 1.165) is 0 Å². The zero-order chi connectivity index (χ0) is 2.71. The average Bonchev–Trinajstić information content (AvgIpc) is 0.918. The van der Waals surface area contributed by atoms with Crippen LogP contribution in [0.3, 0.4) is 0 Å². The van der Waals surface area contributed by atoms with Crippen LogP contribution in [0.25, 0.3) is 0 Å². The zero-order valence-corrected chi connectivity index (χ0v) is 3.20. The summed E-state index contributed by atoms with van der Waals surface area (Å²) in [7, 11) is -0.833. The van der Waals surface area contributed by atoms with E-state index in [2.05, 4.69) is 0 Å². The molecule has 0 bridgehead atoms. The molecule has 0 aromatic carbocycles. The van der Waals surface area contributed by atoms with E-state index in [1.54, 1.807) is 0 Å². The van der Waals surface area contributed by atoms with Crippen molar-refractivity contribution >= 4 is 8.69 Å². The smallest absolute Gasteiger partial charge is 0.324 e. The third-order valence-electron chi connectivity index (χ3n) is 0. The van der Waals surface area contributed by atoms with Crippen molar-refractivity contribution < 1.29 is 20.4 Å². The molecule has 5 heavy (non-hydrogen) atoms. The molecule has 0 aromatic heterocycles. The van der Waals surface area contributed by atoms with Crippen molar-refractivity contribution in [1.82, 2.24) is 0 Å². The monoisotopic (exact) mass is 100.0 g/mol. The Hall–Kier alpha value is -0.0200. The Kier molecular flexibility index (Phi) is 148. The summed E-state index contributed by atoms with van der Waals surface area (Å²) in [6.07, 6.45) is 0. The molecule has 4 nitrogen and oxygen atoms in total. The normalized spacial score (nSPS) is 4.20. The molecule has 0 amide bonds. The van der Waals surface area contributed by atoms with Crippen molar-refractivity contribution in [2.24, 2.45) is 0 Å². The van der Waals surface area contributed by atoms with E-state index >= 15 is 0 Å². The van der Waals surface area contributed by atoms with Gasteiger partial charge in [0.15, 0.2) is 0 Å². The van der Waals surface area contributed by atoms with E-state index in [1.165, 1.54) is 0 Å². The van der Waals surface area contributed by atoms with Crippen LogP contribution >= 0.6 is 8.69 Å². The summed E-state index contributed by atoms with van der Waals surface area (Å²) in [6.45, 7) is 0. The van der Waals surface area contributed by atoms with Gasteiger partial charge in [0.25, 0.3) is 0 Å². The highest BCUT2D eigenvalue weighted by atomic mass is 31.1. The highest BCUT2D eigenvalue weighted by molar-refractivity contribution is 7.16. The molecule has 0 aromatic rings. The van der Waals surface area contributed by atoms with E-state index in [4.69, 9.17) is 9.46 Å². The largest absolute Gasteiger partial charge is 0.412 e. The van der Waals surface area contributed by atoms with Gasteiger partial charge in [-0.2, -0.15) is 0 Å². The molecule has 0 unspecified atom stereocenters. The fourth-order valence-electron chi connectivity index (χ4n) is 0. The summed E-state index contributed by atoms with van der Waals surface area (Å²) in [6, 6.07) is 0. The van der Waals surface area contributed by atoms with Crippen molar-refractivity contribution in [1.29, 1.82) is 0 Å². The topological polar surface area (TPSA) is 100 Å². The summed E-state index contributed by atoms with van der Waals surface area (Å²) < 4.78 is 8.46. The minimum atomic E-state index is -0.833.